The van der Waals surface area contributed by atoms with Crippen LogP contribution < -0.4 is 0 Å². The van der Waals surface area contributed by atoms with Crippen molar-refractivity contribution in [1.82, 2.24) is 14.5 Å². The molecule has 0 saturated carbocycles. The van der Waals surface area contributed by atoms with Crippen molar-refractivity contribution in [3.05, 3.63) is 101 Å². The molecule has 0 aliphatic heterocycles. The fourth-order valence-corrected chi connectivity index (χ4v) is 4.05. The Morgan fingerprint density at radius 3 is 2.54 bits per heavy atom. The number of alkyl halides is 3. The van der Waals surface area contributed by atoms with E-state index >= 15 is 0 Å². The zero-order valence-corrected chi connectivity index (χ0v) is 18.5. The summed E-state index contributed by atoms with van der Waals surface area (Å²) in [5.41, 5.74) is -0.656. The fraction of sp³-hybridized carbons (Fsp3) is 0.0800. The second-order valence-corrected chi connectivity index (χ2v) is 8.17. The number of oxazole rings is 1. The van der Waals surface area contributed by atoms with E-state index in [4.69, 9.17) is 16.0 Å². The molecule has 5 rings (SSSR count). The first-order chi connectivity index (χ1) is 16.7. The first kappa shape index (κ1) is 22.7. The molecule has 176 valence electrons. The van der Waals surface area contributed by atoms with Gasteiger partial charge >= 0.3 is 6.18 Å². The van der Waals surface area contributed by atoms with Crippen molar-refractivity contribution < 1.29 is 27.5 Å². The van der Waals surface area contributed by atoms with Gasteiger partial charge in [0.25, 0.3) is 0 Å². The number of aromatic nitrogens is 3. The first-order valence-electron chi connectivity index (χ1n) is 10.3. The van der Waals surface area contributed by atoms with E-state index in [1.54, 1.807) is 36.4 Å². The molecule has 0 aliphatic carbocycles. The van der Waals surface area contributed by atoms with Crippen molar-refractivity contribution in [1.29, 1.82) is 0 Å². The minimum absolute atomic E-state index is 0.0442. The standard InChI is InChI=1S/C25H15ClF3N3O3/c26-16-5-3-14(4-6-16)13-32-19-8-7-17(33)10-18(19)21(23(32)25(27,28)29)22(34)20-12-31-24(35-20)15-2-1-9-30-11-15/h1-12,33H,13H2. The number of carbonyl (C=O) groups is 1. The molecule has 35 heavy (non-hydrogen) atoms. The lowest BCUT2D eigenvalue weighted by molar-refractivity contribution is -0.143. The van der Waals surface area contributed by atoms with E-state index in [-0.39, 0.29) is 34.8 Å². The summed E-state index contributed by atoms with van der Waals surface area (Å²) in [7, 11) is 0. The average Bonchev–Trinajstić information content (AvgIpc) is 3.44. The molecule has 0 spiro atoms. The van der Waals surface area contributed by atoms with Crippen LogP contribution in [-0.2, 0) is 12.7 Å². The van der Waals surface area contributed by atoms with Crippen LogP contribution >= 0.6 is 11.6 Å². The van der Waals surface area contributed by atoms with Crippen molar-refractivity contribution in [3.8, 4) is 17.2 Å². The molecule has 0 atom stereocenters. The van der Waals surface area contributed by atoms with Gasteiger partial charge in [0.05, 0.1) is 17.3 Å². The van der Waals surface area contributed by atoms with Crippen LogP contribution in [0.2, 0.25) is 5.02 Å². The fourth-order valence-electron chi connectivity index (χ4n) is 3.93. The van der Waals surface area contributed by atoms with Gasteiger partial charge in [-0.05, 0) is 48.0 Å². The van der Waals surface area contributed by atoms with Crippen LogP contribution in [0.4, 0.5) is 13.2 Å². The molecule has 0 bridgehead atoms. The zero-order chi connectivity index (χ0) is 24.7. The Morgan fingerprint density at radius 1 is 1.09 bits per heavy atom. The number of fused-ring (bicyclic) bond motifs is 1. The maximum absolute atomic E-state index is 14.4. The van der Waals surface area contributed by atoms with Crippen LogP contribution in [0.15, 0.2) is 77.6 Å². The molecule has 0 amide bonds. The number of carbonyl (C=O) groups excluding carboxylic acids is 1. The number of nitrogens with zero attached hydrogens (tertiary/aromatic N) is 3. The topological polar surface area (TPSA) is 81.2 Å². The van der Waals surface area contributed by atoms with E-state index in [1.807, 2.05) is 0 Å². The maximum Gasteiger partial charge on any atom is 0.432 e. The molecule has 0 aliphatic rings. The summed E-state index contributed by atoms with van der Waals surface area (Å²) < 4.78 is 49.9. The van der Waals surface area contributed by atoms with Gasteiger partial charge in [0.1, 0.15) is 11.4 Å². The van der Waals surface area contributed by atoms with Gasteiger partial charge in [-0.15, -0.1) is 0 Å². The Morgan fingerprint density at radius 2 is 1.86 bits per heavy atom. The summed E-state index contributed by atoms with van der Waals surface area (Å²) in [5.74, 6) is -1.62. The molecule has 0 unspecified atom stereocenters. The van der Waals surface area contributed by atoms with Crippen molar-refractivity contribution in [2.45, 2.75) is 12.7 Å². The monoisotopic (exact) mass is 497 g/mol. The second kappa shape index (κ2) is 8.59. The number of halogens is 4. The van der Waals surface area contributed by atoms with Gasteiger partial charge in [-0.1, -0.05) is 23.7 Å². The number of phenols is 1. The lowest BCUT2D eigenvalue weighted by Crippen LogP contribution is -2.18. The van der Waals surface area contributed by atoms with E-state index in [0.29, 0.717) is 16.1 Å². The summed E-state index contributed by atoms with van der Waals surface area (Å²) >= 11 is 5.91. The molecule has 0 fully saturated rings. The third-order valence-electron chi connectivity index (χ3n) is 5.43. The van der Waals surface area contributed by atoms with Crippen molar-refractivity contribution in [3.63, 3.8) is 0 Å². The largest absolute Gasteiger partial charge is 0.508 e. The number of hydrogen-bond acceptors (Lipinski definition) is 5. The van der Waals surface area contributed by atoms with Gasteiger partial charge in [-0.2, -0.15) is 13.2 Å². The highest BCUT2D eigenvalue weighted by Crippen LogP contribution is 2.41. The molecule has 0 radical (unpaired) electrons. The number of benzene rings is 2. The Labute approximate surface area is 201 Å². The summed E-state index contributed by atoms with van der Waals surface area (Å²) in [6.45, 7) is -0.183. The second-order valence-electron chi connectivity index (χ2n) is 7.74. The van der Waals surface area contributed by atoms with Gasteiger partial charge in [0.2, 0.25) is 11.7 Å². The molecule has 10 heteroatoms. The number of pyridine rings is 1. The third-order valence-corrected chi connectivity index (χ3v) is 5.69. The Hall–Kier alpha value is -4.11. The number of rotatable bonds is 5. The molecule has 3 heterocycles. The number of hydrogen-bond donors (Lipinski definition) is 1. The van der Waals surface area contributed by atoms with Gasteiger partial charge < -0.3 is 14.1 Å². The Bertz CT molecular complexity index is 1540. The lowest BCUT2D eigenvalue weighted by Gasteiger charge is -2.14. The molecule has 5 aromatic rings. The van der Waals surface area contributed by atoms with E-state index < -0.39 is 23.2 Å². The highest BCUT2D eigenvalue weighted by atomic mass is 35.5. The summed E-state index contributed by atoms with van der Waals surface area (Å²) in [6, 6.07) is 13.4. The van der Waals surface area contributed by atoms with Gasteiger partial charge in [-0.25, -0.2) is 4.98 Å². The number of aromatic hydroxyl groups is 1. The van der Waals surface area contributed by atoms with Gasteiger partial charge in [0.15, 0.2) is 5.76 Å². The molecule has 2 aromatic carbocycles. The molecule has 3 aromatic heterocycles. The van der Waals surface area contributed by atoms with Crippen LogP contribution in [0.5, 0.6) is 5.75 Å². The summed E-state index contributed by atoms with van der Waals surface area (Å²) in [6.07, 6.45) is -0.818. The van der Waals surface area contributed by atoms with Crippen molar-refractivity contribution in [2.75, 3.05) is 0 Å². The molecule has 1 N–H and O–H groups in total. The highest BCUT2D eigenvalue weighted by molar-refractivity contribution is 6.30. The average molecular weight is 498 g/mol. The van der Waals surface area contributed by atoms with Gasteiger partial charge in [-0.3, -0.25) is 9.78 Å². The van der Waals surface area contributed by atoms with E-state index in [0.717, 1.165) is 16.8 Å². The number of phenolic OH excluding ortho intramolecular Hbond substituents is 1. The first-order valence-corrected chi connectivity index (χ1v) is 10.7. The zero-order valence-electron chi connectivity index (χ0n) is 17.8. The van der Waals surface area contributed by atoms with Crippen LogP contribution in [0.3, 0.4) is 0 Å². The lowest BCUT2D eigenvalue weighted by atomic mass is 10.0. The summed E-state index contributed by atoms with van der Waals surface area (Å²) in [5, 5.41) is 10.4. The third kappa shape index (κ3) is 4.26. The van der Waals surface area contributed by atoms with Crippen molar-refractivity contribution >= 4 is 28.3 Å². The molecule has 6 nitrogen and oxygen atoms in total. The van der Waals surface area contributed by atoms with Crippen molar-refractivity contribution in [2.24, 2.45) is 0 Å². The SMILES string of the molecule is O=C(c1cnc(-c2cccnc2)o1)c1c(C(F)(F)F)n(Cc2ccc(Cl)cc2)c2ccc(O)cc12. The summed E-state index contributed by atoms with van der Waals surface area (Å²) in [4.78, 5) is 21.4. The minimum atomic E-state index is -4.89. The predicted molar refractivity (Wildman–Crippen MR) is 122 cm³/mol. The minimum Gasteiger partial charge on any atom is -0.508 e. The Balaban J connectivity index is 1.70. The highest BCUT2D eigenvalue weighted by Gasteiger charge is 2.42. The smallest absolute Gasteiger partial charge is 0.432 e. The van der Waals surface area contributed by atoms with Crippen LogP contribution in [0.1, 0.15) is 27.4 Å². The molecular formula is C25H15ClF3N3O3. The van der Waals surface area contributed by atoms with E-state index in [1.165, 1.54) is 24.5 Å². The van der Waals surface area contributed by atoms with Crippen LogP contribution in [-0.4, -0.2) is 25.4 Å². The van der Waals surface area contributed by atoms with Crippen LogP contribution in [0, 0.1) is 0 Å². The Kier molecular flexibility index (Phi) is 5.56. The molecular weight excluding hydrogens is 483 g/mol. The quantitative estimate of drug-likeness (QED) is 0.286. The number of ketones is 1. The van der Waals surface area contributed by atoms with E-state index in [2.05, 4.69) is 9.97 Å². The molecule has 0 saturated heterocycles. The maximum atomic E-state index is 14.4. The van der Waals surface area contributed by atoms with E-state index in [9.17, 15) is 23.1 Å². The van der Waals surface area contributed by atoms with Gasteiger partial charge in [0, 0.05) is 34.9 Å². The van der Waals surface area contributed by atoms with Crippen LogP contribution in [0.25, 0.3) is 22.4 Å². The normalized spacial score (nSPS) is 11.8. The predicted octanol–water partition coefficient (Wildman–Crippen LogP) is 6.35.